The summed E-state index contributed by atoms with van der Waals surface area (Å²) < 4.78 is 69.2. The number of esters is 1. The molecule has 0 spiro atoms. The second kappa shape index (κ2) is 11.1. The van der Waals surface area contributed by atoms with Gasteiger partial charge in [0.05, 0.1) is 25.3 Å². The van der Waals surface area contributed by atoms with Crippen LogP contribution in [0.5, 0.6) is 0 Å². The van der Waals surface area contributed by atoms with Crippen LogP contribution in [0.3, 0.4) is 0 Å². The van der Waals surface area contributed by atoms with Crippen molar-refractivity contribution < 1.29 is 40.5 Å². The van der Waals surface area contributed by atoms with E-state index >= 15 is 0 Å². The molecule has 12 nitrogen and oxygen atoms in total. The molecule has 2 N–H and O–H groups in total. The van der Waals surface area contributed by atoms with Crippen molar-refractivity contribution in [3.63, 3.8) is 0 Å². The minimum atomic E-state index is -4.25. The maximum absolute atomic E-state index is 13.4. The third-order valence-corrected chi connectivity index (χ3v) is 7.60. The van der Waals surface area contributed by atoms with E-state index in [2.05, 4.69) is 10.0 Å². The molecular weight excluding hydrogens is 569 g/mol. The van der Waals surface area contributed by atoms with Crippen molar-refractivity contribution in [3.8, 4) is 0 Å². The van der Waals surface area contributed by atoms with Crippen LogP contribution in [-0.2, 0) is 29.4 Å². The fourth-order valence-electron chi connectivity index (χ4n) is 2.95. The highest BCUT2D eigenvalue weighted by atomic mass is 35.5. The molecule has 0 aliphatic carbocycles. The van der Waals surface area contributed by atoms with E-state index < -0.39 is 54.8 Å². The molecule has 0 aromatic heterocycles. The SMILES string of the molecule is CS(=O)(=O)c1ccc(NS(=O)(=O)c2ccc(Cl)c(C(=O)OCC(=O)Nc3ccc(F)c([N+](=O)[O-])c3)c2)cc1. The first-order chi connectivity index (χ1) is 17.7. The number of nitrogens with one attached hydrogen (secondary N) is 2. The molecule has 0 atom stereocenters. The molecule has 0 bridgehead atoms. The maximum Gasteiger partial charge on any atom is 0.340 e. The molecule has 16 heteroatoms. The predicted molar refractivity (Wildman–Crippen MR) is 134 cm³/mol. The number of nitrogens with zero attached hydrogens (tertiary/aromatic N) is 1. The summed E-state index contributed by atoms with van der Waals surface area (Å²) in [7, 11) is -7.74. The van der Waals surface area contributed by atoms with Crippen molar-refractivity contribution in [2.45, 2.75) is 9.79 Å². The number of ether oxygens (including phenoxy) is 1. The molecule has 0 saturated carbocycles. The quantitative estimate of drug-likeness (QED) is 0.216. The average molecular weight is 586 g/mol. The van der Waals surface area contributed by atoms with Gasteiger partial charge >= 0.3 is 11.7 Å². The van der Waals surface area contributed by atoms with Crippen molar-refractivity contribution in [1.82, 2.24) is 0 Å². The van der Waals surface area contributed by atoms with E-state index in [1.165, 1.54) is 24.3 Å². The molecular formula is C22H17ClFN3O9S2. The van der Waals surface area contributed by atoms with Gasteiger partial charge in [-0.05, 0) is 54.6 Å². The first kappa shape index (κ1) is 28.5. The van der Waals surface area contributed by atoms with Gasteiger partial charge < -0.3 is 10.1 Å². The molecule has 3 aromatic rings. The second-order valence-corrected chi connectivity index (χ2v) is 11.7. The zero-order valence-electron chi connectivity index (χ0n) is 19.2. The Bertz CT molecular complexity index is 1640. The Morgan fingerprint density at radius 2 is 1.58 bits per heavy atom. The van der Waals surface area contributed by atoms with E-state index in [4.69, 9.17) is 16.3 Å². The minimum absolute atomic E-state index is 0.0151. The number of benzene rings is 3. The summed E-state index contributed by atoms with van der Waals surface area (Å²) in [4.78, 5) is 34.0. The van der Waals surface area contributed by atoms with E-state index in [1.54, 1.807) is 0 Å². The highest BCUT2D eigenvalue weighted by molar-refractivity contribution is 7.92. The van der Waals surface area contributed by atoms with Crippen LogP contribution in [0, 0.1) is 15.9 Å². The van der Waals surface area contributed by atoms with Crippen LogP contribution in [0.25, 0.3) is 0 Å². The normalized spacial score (nSPS) is 11.4. The number of nitro benzene ring substituents is 1. The third-order valence-electron chi connectivity index (χ3n) is 4.76. The van der Waals surface area contributed by atoms with Crippen LogP contribution in [0.2, 0.25) is 5.02 Å². The Balaban J connectivity index is 1.70. The predicted octanol–water partition coefficient (Wildman–Crippen LogP) is 3.39. The number of sulfonamides is 1. The Morgan fingerprint density at radius 1 is 0.974 bits per heavy atom. The molecule has 3 rings (SSSR count). The fraction of sp³-hybridized carbons (Fsp3) is 0.0909. The number of carbonyl (C=O) groups is 2. The number of halogens is 2. The number of anilines is 2. The van der Waals surface area contributed by atoms with Gasteiger partial charge in [0.2, 0.25) is 5.82 Å². The zero-order valence-corrected chi connectivity index (χ0v) is 21.6. The number of sulfone groups is 1. The highest BCUT2D eigenvalue weighted by Crippen LogP contribution is 2.25. The van der Waals surface area contributed by atoms with Crippen molar-refractivity contribution in [2.75, 3.05) is 22.9 Å². The summed E-state index contributed by atoms with van der Waals surface area (Å²) in [6.45, 7) is -0.873. The van der Waals surface area contributed by atoms with Crippen LogP contribution in [0.15, 0.2) is 70.5 Å². The van der Waals surface area contributed by atoms with E-state index in [-0.39, 0.29) is 31.8 Å². The maximum atomic E-state index is 13.4. The molecule has 0 aliphatic rings. The minimum Gasteiger partial charge on any atom is -0.452 e. The van der Waals surface area contributed by atoms with Gasteiger partial charge in [0, 0.05) is 23.7 Å². The average Bonchev–Trinajstić information content (AvgIpc) is 2.83. The largest absolute Gasteiger partial charge is 0.452 e. The summed E-state index contributed by atoms with van der Waals surface area (Å²) in [5.74, 6) is -3.17. The van der Waals surface area contributed by atoms with Gasteiger partial charge in [-0.1, -0.05) is 11.6 Å². The molecule has 0 saturated heterocycles. The van der Waals surface area contributed by atoms with Crippen molar-refractivity contribution >= 4 is 60.4 Å². The lowest BCUT2D eigenvalue weighted by Crippen LogP contribution is -2.21. The highest BCUT2D eigenvalue weighted by Gasteiger charge is 2.21. The Morgan fingerprint density at radius 3 is 2.18 bits per heavy atom. The van der Waals surface area contributed by atoms with Crippen LogP contribution >= 0.6 is 11.6 Å². The van der Waals surface area contributed by atoms with Gasteiger partial charge in [-0.15, -0.1) is 0 Å². The van der Waals surface area contributed by atoms with Crippen LogP contribution in [-0.4, -0.2) is 46.5 Å². The van der Waals surface area contributed by atoms with Crippen LogP contribution < -0.4 is 10.0 Å². The van der Waals surface area contributed by atoms with Gasteiger partial charge in [0.15, 0.2) is 16.4 Å². The van der Waals surface area contributed by atoms with Crippen molar-refractivity contribution in [1.29, 1.82) is 0 Å². The number of hydrogen-bond acceptors (Lipinski definition) is 9. The Kier molecular flexibility index (Phi) is 8.34. The summed E-state index contributed by atoms with van der Waals surface area (Å²) in [6, 6.07) is 10.7. The first-order valence-corrected chi connectivity index (χ1v) is 14.0. The summed E-state index contributed by atoms with van der Waals surface area (Å²) in [5, 5.41) is 12.8. The number of rotatable bonds is 9. The lowest BCUT2D eigenvalue weighted by Gasteiger charge is -2.11. The van der Waals surface area contributed by atoms with E-state index in [1.807, 2.05) is 0 Å². The van der Waals surface area contributed by atoms with Gasteiger partial charge in [-0.2, -0.15) is 4.39 Å². The first-order valence-electron chi connectivity index (χ1n) is 10.2. The lowest BCUT2D eigenvalue weighted by molar-refractivity contribution is -0.387. The summed E-state index contributed by atoms with van der Waals surface area (Å²) in [6.07, 6.45) is 0.999. The van der Waals surface area contributed by atoms with Gasteiger partial charge in [0.25, 0.3) is 15.9 Å². The Hall–Kier alpha value is -4.08. The standard InChI is InChI=1S/C22H17ClFN3O9S2/c1-37(32,33)15-5-2-13(3-6-15)26-38(34,35)16-7-8-18(23)17(11-16)22(29)36-12-21(28)25-14-4-9-19(24)20(10-14)27(30)31/h2-11,26H,12H2,1H3,(H,25,28). The van der Waals surface area contributed by atoms with E-state index in [9.17, 15) is 40.9 Å². The number of hydrogen-bond donors (Lipinski definition) is 2. The fourth-order valence-corrected chi connectivity index (χ4v) is 4.86. The van der Waals surface area contributed by atoms with Crippen molar-refractivity contribution in [2.24, 2.45) is 0 Å². The zero-order chi connectivity index (χ0) is 28.3. The Labute approximate surface area is 220 Å². The second-order valence-electron chi connectivity index (χ2n) is 7.59. The molecule has 1 amide bonds. The molecule has 3 aromatic carbocycles. The third kappa shape index (κ3) is 7.02. The molecule has 200 valence electrons. The van der Waals surface area contributed by atoms with Gasteiger partial charge in [-0.3, -0.25) is 19.6 Å². The molecule has 0 heterocycles. The molecule has 38 heavy (non-hydrogen) atoms. The van der Waals surface area contributed by atoms with Crippen LogP contribution in [0.4, 0.5) is 21.5 Å². The van der Waals surface area contributed by atoms with E-state index in [0.29, 0.717) is 0 Å². The lowest BCUT2D eigenvalue weighted by atomic mass is 10.2. The van der Waals surface area contributed by atoms with Gasteiger partial charge in [-0.25, -0.2) is 21.6 Å². The monoisotopic (exact) mass is 585 g/mol. The molecule has 0 aliphatic heterocycles. The molecule has 0 radical (unpaired) electrons. The summed E-state index contributed by atoms with van der Waals surface area (Å²) in [5.41, 5.74) is -1.33. The van der Waals surface area contributed by atoms with E-state index in [0.717, 1.165) is 42.7 Å². The van der Waals surface area contributed by atoms with Crippen LogP contribution in [0.1, 0.15) is 10.4 Å². The number of amides is 1. The topological polar surface area (TPSA) is 179 Å². The number of carbonyl (C=O) groups excluding carboxylic acids is 2. The summed E-state index contributed by atoms with van der Waals surface area (Å²) >= 11 is 6.00. The molecule has 0 fully saturated rings. The van der Waals surface area contributed by atoms with Crippen molar-refractivity contribution in [3.05, 3.63) is 87.2 Å². The molecule has 0 unspecified atom stereocenters. The smallest absolute Gasteiger partial charge is 0.340 e. The van der Waals surface area contributed by atoms with Gasteiger partial charge in [0.1, 0.15) is 0 Å². The number of nitro groups is 1.